The first-order chi connectivity index (χ1) is 7.36. The molecular formula is C10H23O3Si2. The summed E-state index contributed by atoms with van der Waals surface area (Å²) in [5.74, 6) is 0. The normalized spacial score (nSPS) is 21.0. The van der Waals surface area contributed by atoms with Gasteiger partial charge in [0.1, 0.15) is 0 Å². The molecule has 1 fully saturated rings. The van der Waals surface area contributed by atoms with Gasteiger partial charge in [-0.1, -0.05) is 44.9 Å². The van der Waals surface area contributed by atoms with Crippen molar-refractivity contribution in [2.75, 3.05) is 14.2 Å². The maximum atomic E-state index is 5.77. The highest BCUT2D eigenvalue weighted by Gasteiger charge is 2.19. The third kappa shape index (κ3) is 5.82. The van der Waals surface area contributed by atoms with E-state index in [1.807, 2.05) is 0 Å². The van der Waals surface area contributed by atoms with Gasteiger partial charge in [0.2, 0.25) is 0 Å². The van der Waals surface area contributed by atoms with Crippen molar-refractivity contribution in [3.8, 4) is 0 Å². The summed E-state index contributed by atoms with van der Waals surface area (Å²) in [5.41, 5.74) is 0.857. The maximum Gasteiger partial charge on any atom is 0.565 e. The van der Waals surface area contributed by atoms with Crippen molar-refractivity contribution < 1.29 is 13.0 Å². The summed E-state index contributed by atoms with van der Waals surface area (Å²) >= 11 is 0. The molecule has 1 aliphatic carbocycles. The SMILES string of the molecule is CO[Si](OC)O[SiH2]C1CCCCCCC1. The van der Waals surface area contributed by atoms with E-state index >= 15 is 0 Å². The molecule has 0 atom stereocenters. The lowest BCUT2D eigenvalue weighted by Gasteiger charge is -2.20. The molecule has 89 valence electrons. The Morgan fingerprint density at radius 3 is 2.00 bits per heavy atom. The zero-order valence-corrected chi connectivity index (χ0v) is 12.4. The predicted molar refractivity (Wildman–Crippen MR) is 65.5 cm³/mol. The van der Waals surface area contributed by atoms with E-state index in [-0.39, 0.29) is 0 Å². The Kier molecular flexibility index (Phi) is 7.55. The highest BCUT2D eigenvalue weighted by Crippen LogP contribution is 2.26. The van der Waals surface area contributed by atoms with Crippen LogP contribution in [0, 0.1) is 0 Å². The van der Waals surface area contributed by atoms with Crippen LogP contribution in [0.5, 0.6) is 0 Å². The van der Waals surface area contributed by atoms with Crippen molar-refractivity contribution in [3.63, 3.8) is 0 Å². The second kappa shape index (κ2) is 8.46. The Balaban J connectivity index is 2.16. The summed E-state index contributed by atoms with van der Waals surface area (Å²) in [6, 6.07) is 0. The molecular weight excluding hydrogens is 224 g/mol. The van der Waals surface area contributed by atoms with Crippen LogP contribution in [-0.2, 0) is 13.0 Å². The van der Waals surface area contributed by atoms with Crippen LogP contribution < -0.4 is 0 Å². The van der Waals surface area contributed by atoms with E-state index in [9.17, 15) is 0 Å². The standard InChI is InChI=1S/C10H23O3Si2/c1-11-15(12-2)13-14-10-8-6-4-3-5-7-9-10/h10H,3-9,14H2,1-2H3. The molecule has 1 saturated carbocycles. The highest BCUT2D eigenvalue weighted by molar-refractivity contribution is 6.48. The molecule has 1 rings (SSSR count). The van der Waals surface area contributed by atoms with Gasteiger partial charge in [-0.15, -0.1) is 0 Å². The number of rotatable bonds is 5. The minimum atomic E-state index is -1.38. The Labute approximate surface area is 97.4 Å². The molecule has 0 N–H and O–H groups in total. The second-order valence-corrected chi connectivity index (χ2v) is 8.14. The van der Waals surface area contributed by atoms with Crippen molar-refractivity contribution in [2.24, 2.45) is 0 Å². The molecule has 0 amide bonds. The average Bonchev–Trinajstić information content (AvgIpc) is 2.21. The lowest BCUT2D eigenvalue weighted by atomic mass is 10.0. The molecule has 0 aliphatic heterocycles. The Morgan fingerprint density at radius 1 is 0.933 bits per heavy atom. The Bertz CT molecular complexity index is 146. The second-order valence-electron chi connectivity index (χ2n) is 4.18. The van der Waals surface area contributed by atoms with Crippen molar-refractivity contribution >= 4 is 19.3 Å². The molecule has 0 heterocycles. The predicted octanol–water partition coefficient (Wildman–Crippen LogP) is 1.90. The van der Waals surface area contributed by atoms with Gasteiger partial charge in [-0.2, -0.15) is 0 Å². The number of hydrogen-bond acceptors (Lipinski definition) is 3. The Morgan fingerprint density at radius 2 is 1.47 bits per heavy atom. The quantitative estimate of drug-likeness (QED) is 0.695. The smallest absolute Gasteiger partial charge is 0.419 e. The molecule has 15 heavy (non-hydrogen) atoms. The molecule has 0 saturated heterocycles. The van der Waals surface area contributed by atoms with Crippen LogP contribution in [0.2, 0.25) is 5.54 Å². The fraction of sp³-hybridized carbons (Fsp3) is 1.00. The molecule has 0 aromatic rings. The van der Waals surface area contributed by atoms with Gasteiger partial charge in [-0.25, -0.2) is 0 Å². The fourth-order valence-corrected chi connectivity index (χ4v) is 5.60. The summed E-state index contributed by atoms with van der Waals surface area (Å²) in [7, 11) is 1.51. The van der Waals surface area contributed by atoms with Crippen molar-refractivity contribution in [1.82, 2.24) is 0 Å². The molecule has 1 aliphatic rings. The van der Waals surface area contributed by atoms with E-state index in [1.54, 1.807) is 14.2 Å². The summed E-state index contributed by atoms with van der Waals surface area (Å²) in [6.07, 6.45) is 9.78. The molecule has 0 bridgehead atoms. The van der Waals surface area contributed by atoms with E-state index in [0.717, 1.165) is 5.54 Å². The molecule has 0 aromatic heterocycles. The van der Waals surface area contributed by atoms with Crippen LogP contribution >= 0.6 is 0 Å². The van der Waals surface area contributed by atoms with Crippen LogP contribution in [0.3, 0.4) is 0 Å². The highest BCUT2D eigenvalue weighted by atomic mass is 28.4. The minimum Gasteiger partial charge on any atom is -0.419 e. The van der Waals surface area contributed by atoms with Gasteiger partial charge in [0.05, 0.1) is 0 Å². The van der Waals surface area contributed by atoms with Crippen molar-refractivity contribution in [3.05, 3.63) is 0 Å². The third-order valence-corrected chi connectivity index (χ3v) is 6.56. The lowest BCUT2D eigenvalue weighted by molar-refractivity contribution is 0.203. The van der Waals surface area contributed by atoms with Crippen molar-refractivity contribution in [2.45, 2.75) is 50.5 Å². The zero-order valence-electron chi connectivity index (χ0n) is 9.96. The van der Waals surface area contributed by atoms with E-state index < -0.39 is 19.3 Å². The summed E-state index contributed by atoms with van der Waals surface area (Å²) in [6.45, 7) is 0. The van der Waals surface area contributed by atoms with E-state index in [2.05, 4.69) is 0 Å². The van der Waals surface area contributed by atoms with Gasteiger partial charge in [-0.05, 0) is 5.54 Å². The molecule has 5 heteroatoms. The van der Waals surface area contributed by atoms with E-state index in [4.69, 9.17) is 13.0 Å². The number of hydrogen-bond donors (Lipinski definition) is 0. The van der Waals surface area contributed by atoms with Crippen LogP contribution in [0.25, 0.3) is 0 Å². The average molecular weight is 247 g/mol. The van der Waals surface area contributed by atoms with Crippen LogP contribution in [0.4, 0.5) is 0 Å². The largest absolute Gasteiger partial charge is 0.565 e. The Hall–Kier alpha value is 0.314. The van der Waals surface area contributed by atoms with Gasteiger partial charge >= 0.3 is 9.53 Å². The van der Waals surface area contributed by atoms with Crippen molar-refractivity contribution in [1.29, 1.82) is 0 Å². The molecule has 0 aromatic carbocycles. The maximum absolute atomic E-state index is 5.77. The van der Waals surface area contributed by atoms with Crippen LogP contribution in [-0.4, -0.2) is 33.5 Å². The van der Waals surface area contributed by atoms with Gasteiger partial charge in [-0.3, -0.25) is 0 Å². The van der Waals surface area contributed by atoms with E-state index in [1.165, 1.54) is 44.9 Å². The van der Waals surface area contributed by atoms with Crippen LogP contribution in [0.15, 0.2) is 0 Å². The summed E-state index contributed by atoms with van der Waals surface area (Å²) in [5, 5.41) is 0. The summed E-state index contributed by atoms with van der Waals surface area (Å²) < 4.78 is 16.0. The zero-order chi connectivity index (χ0) is 10.9. The first-order valence-corrected chi connectivity index (χ1v) is 8.56. The molecule has 0 unspecified atom stereocenters. The van der Waals surface area contributed by atoms with Gasteiger partial charge < -0.3 is 13.0 Å². The lowest BCUT2D eigenvalue weighted by Crippen LogP contribution is -2.27. The fourth-order valence-electron chi connectivity index (χ4n) is 2.09. The van der Waals surface area contributed by atoms with Crippen LogP contribution in [0.1, 0.15) is 44.9 Å². The molecule has 3 nitrogen and oxygen atoms in total. The van der Waals surface area contributed by atoms with Gasteiger partial charge in [0.25, 0.3) is 0 Å². The summed E-state index contributed by atoms with van der Waals surface area (Å²) in [4.78, 5) is 0. The van der Waals surface area contributed by atoms with Gasteiger partial charge in [0, 0.05) is 14.2 Å². The monoisotopic (exact) mass is 247 g/mol. The van der Waals surface area contributed by atoms with Gasteiger partial charge in [0.15, 0.2) is 9.76 Å². The molecule has 0 spiro atoms. The first kappa shape index (κ1) is 13.4. The minimum absolute atomic E-state index is 0.446. The van der Waals surface area contributed by atoms with E-state index in [0.29, 0.717) is 0 Å². The molecule has 1 radical (unpaired) electrons. The third-order valence-electron chi connectivity index (χ3n) is 2.99. The first-order valence-electron chi connectivity index (χ1n) is 5.94. The topological polar surface area (TPSA) is 27.7 Å².